The van der Waals surface area contributed by atoms with Crippen LogP contribution < -0.4 is 5.43 Å². The van der Waals surface area contributed by atoms with Crippen LogP contribution in [0.15, 0.2) is 21.4 Å². The minimum Gasteiger partial charge on any atom is -0.499 e. The van der Waals surface area contributed by atoms with Gasteiger partial charge < -0.3 is 5.11 Å². The number of nitrogens with zero attached hydrogens (tertiary/aromatic N) is 2. The van der Waals surface area contributed by atoms with E-state index >= 15 is 0 Å². The fourth-order valence-corrected chi connectivity index (χ4v) is 1.34. The zero-order valence-corrected chi connectivity index (χ0v) is 9.00. The van der Waals surface area contributed by atoms with Gasteiger partial charge in [-0.2, -0.15) is 0 Å². The minimum atomic E-state index is -1.15. The quantitative estimate of drug-likeness (QED) is 0.647. The lowest BCUT2D eigenvalue weighted by molar-refractivity contribution is -0.394. The van der Waals surface area contributed by atoms with Crippen molar-refractivity contribution in [2.75, 3.05) is 0 Å². The molecule has 1 N–H and O–H groups in total. The number of halogens is 1. The second-order valence-electron chi connectivity index (χ2n) is 2.64. The summed E-state index contributed by atoms with van der Waals surface area (Å²) < 4.78 is -0.329. The van der Waals surface area contributed by atoms with Crippen LogP contribution in [0.3, 0.4) is 0 Å². The van der Waals surface area contributed by atoms with Crippen molar-refractivity contribution in [3.05, 3.63) is 47.1 Å². The third-order valence-electron chi connectivity index (χ3n) is 1.64. The Labute approximate surface area is 95.6 Å². The third kappa shape index (κ3) is 2.14. The Kier molecular flexibility index (Phi) is 3.18. The van der Waals surface area contributed by atoms with Crippen LogP contribution in [-0.4, -0.2) is 15.0 Å². The first-order valence-corrected chi connectivity index (χ1v) is 4.49. The van der Waals surface area contributed by atoms with E-state index in [1.165, 1.54) is 0 Å². The highest BCUT2D eigenvalue weighted by Crippen LogP contribution is 2.27. The van der Waals surface area contributed by atoms with E-state index in [0.29, 0.717) is 6.07 Å². The number of hydrogen-bond donors (Lipinski definition) is 1. The smallest absolute Gasteiger partial charge is 0.321 e. The fraction of sp³-hybridized carbons (Fsp3) is 0. The molecule has 0 bridgehead atoms. The van der Waals surface area contributed by atoms with Gasteiger partial charge in [-0.05, 0) is 15.9 Å². The summed E-state index contributed by atoms with van der Waals surface area (Å²) in [5, 5.41) is 30.1. The highest BCUT2D eigenvalue weighted by molar-refractivity contribution is 9.10. The normalized spacial score (nSPS) is 9.81. The topological polar surface area (TPSA) is 124 Å². The van der Waals surface area contributed by atoms with Gasteiger partial charge in [0.1, 0.15) is 0 Å². The lowest BCUT2D eigenvalue weighted by Gasteiger charge is -1.88. The summed E-state index contributed by atoms with van der Waals surface area (Å²) in [6, 6.07) is 1.30. The van der Waals surface area contributed by atoms with E-state index in [9.17, 15) is 30.1 Å². The average Bonchev–Trinajstić information content (AvgIpc) is 2.29. The Morgan fingerprint density at radius 2 is 1.75 bits per heavy atom. The Hall–Kier alpha value is -2.03. The van der Waals surface area contributed by atoms with Crippen molar-refractivity contribution in [2.45, 2.75) is 0 Å². The zero-order valence-electron chi connectivity index (χ0n) is 7.42. The van der Waals surface area contributed by atoms with E-state index in [1.54, 1.807) is 0 Å². The predicted octanol–water partition coefficient (Wildman–Crippen LogP) is 1.33. The molecule has 0 atom stereocenters. The van der Waals surface area contributed by atoms with Crippen LogP contribution in [0.25, 0.3) is 0 Å². The van der Waals surface area contributed by atoms with Crippen LogP contribution in [-0.2, 0) is 0 Å². The van der Waals surface area contributed by atoms with E-state index in [-0.39, 0.29) is 4.47 Å². The van der Waals surface area contributed by atoms with Crippen molar-refractivity contribution in [1.82, 2.24) is 0 Å². The number of rotatable bonds is 2. The van der Waals surface area contributed by atoms with Gasteiger partial charge in [0.05, 0.1) is 20.4 Å². The van der Waals surface area contributed by atoms with Crippen molar-refractivity contribution in [2.24, 2.45) is 0 Å². The highest BCUT2D eigenvalue weighted by atomic mass is 79.9. The summed E-state index contributed by atoms with van der Waals surface area (Å²) in [6.45, 7) is 0. The number of nitro groups is 2. The molecule has 1 aromatic carbocycles. The second kappa shape index (κ2) is 4.23. The molecule has 0 amide bonds. The standard InChI is InChI=1S/C7H3BrN2O6/c8-4-1-3(9(13)14)2-5(10(15)16)7(12)6(4)11/h1-2H,(H,11,12). The van der Waals surface area contributed by atoms with Crippen LogP contribution in [0.2, 0.25) is 0 Å². The number of aromatic hydroxyl groups is 1. The van der Waals surface area contributed by atoms with Crippen LogP contribution in [0.4, 0.5) is 11.4 Å². The molecule has 0 saturated carbocycles. The molecule has 84 valence electrons. The molecule has 1 aromatic rings. The van der Waals surface area contributed by atoms with Gasteiger partial charge in [-0.15, -0.1) is 0 Å². The molecule has 0 aliphatic carbocycles. The van der Waals surface area contributed by atoms with Gasteiger partial charge in [-0.25, -0.2) is 0 Å². The molecule has 0 spiro atoms. The van der Waals surface area contributed by atoms with Crippen LogP contribution in [0.1, 0.15) is 0 Å². The van der Waals surface area contributed by atoms with Crippen molar-refractivity contribution < 1.29 is 15.0 Å². The summed E-state index contributed by atoms with van der Waals surface area (Å²) in [5.41, 5.74) is -2.77. The molecule has 0 aliphatic rings. The monoisotopic (exact) mass is 290 g/mol. The molecule has 0 fully saturated rings. The van der Waals surface area contributed by atoms with Gasteiger partial charge >= 0.3 is 5.69 Å². The second-order valence-corrected chi connectivity index (χ2v) is 3.49. The molecule has 0 saturated heterocycles. The van der Waals surface area contributed by atoms with Crippen molar-refractivity contribution in [3.8, 4) is 5.75 Å². The molecule has 0 heterocycles. The summed E-state index contributed by atoms with van der Waals surface area (Å²) in [7, 11) is 0. The van der Waals surface area contributed by atoms with Crippen molar-refractivity contribution in [1.29, 1.82) is 0 Å². The number of hydrogen-bond acceptors (Lipinski definition) is 6. The van der Waals surface area contributed by atoms with Gasteiger partial charge in [0.15, 0.2) is 0 Å². The molecular formula is C7H3BrN2O6. The van der Waals surface area contributed by atoms with E-state index in [0.717, 1.165) is 6.07 Å². The first-order valence-electron chi connectivity index (χ1n) is 3.70. The molecule has 8 nitrogen and oxygen atoms in total. The predicted molar refractivity (Wildman–Crippen MR) is 55.4 cm³/mol. The molecular weight excluding hydrogens is 288 g/mol. The van der Waals surface area contributed by atoms with Gasteiger partial charge in [0.2, 0.25) is 11.2 Å². The SMILES string of the molecule is O=c1c(Br)cc([N+](=O)[O-])cc([N+](=O)[O-])c1O. The maximum absolute atomic E-state index is 11.2. The molecule has 0 aliphatic heterocycles. The van der Waals surface area contributed by atoms with E-state index in [2.05, 4.69) is 15.9 Å². The van der Waals surface area contributed by atoms with E-state index in [4.69, 9.17) is 0 Å². The molecule has 0 radical (unpaired) electrons. The Morgan fingerprint density at radius 3 is 2.19 bits per heavy atom. The average molecular weight is 291 g/mol. The van der Waals surface area contributed by atoms with Crippen LogP contribution in [0, 0.1) is 20.2 Å². The maximum Gasteiger partial charge on any atom is 0.321 e. The van der Waals surface area contributed by atoms with Gasteiger partial charge in [-0.3, -0.25) is 25.0 Å². The minimum absolute atomic E-state index is 0.329. The summed E-state index contributed by atoms with van der Waals surface area (Å²) in [5.74, 6) is -1.15. The summed E-state index contributed by atoms with van der Waals surface area (Å²) >= 11 is 2.68. The Morgan fingerprint density at radius 1 is 1.19 bits per heavy atom. The van der Waals surface area contributed by atoms with Gasteiger partial charge in [-0.1, -0.05) is 0 Å². The van der Waals surface area contributed by atoms with Gasteiger partial charge in [0.25, 0.3) is 5.69 Å². The molecule has 9 heteroatoms. The molecule has 1 rings (SSSR count). The third-order valence-corrected chi connectivity index (χ3v) is 2.23. The fourth-order valence-electron chi connectivity index (χ4n) is 0.919. The maximum atomic E-state index is 11.2. The Bertz CT molecular complexity index is 543. The molecule has 0 unspecified atom stereocenters. The van der Waals surface area contributed by atoms with Crippen molar-refractivity contribution in [3.63, 3.8) is 0 Å². The lowest BCUT2D eigenvalue weighted by atomic mass is 10.4. The molecule has 16 heavy (non-hydrogen) atoms. The summed E-state index contributed by atoms with van der Waals surface area (Å²) in [6.07, 6.45) is 0. The van der Waals surface area contributed by atoms with E-state index < -0.39 is 32.4 Å². The zero-order chi connectivity index (χ0) is 12.5. The first kappa shape index (κ1) is 12.0. The van der Waals surface area contributed by atoms with Crippen LogP contribution >= 0.6 is 15.9 Å². The van der Waals surface area contributed by atoms with E-state index in [1.807, 2.05) is 0 Å². The van der Waals surface area contributed by atoms with Gasteiger partial charge in [0, 0.05) is 6.07 Å². The first-order chi connectivity index (χ1) is 7.34. The Balaban J connectivity index is 3.79. The summed E-state index contributed by atoms with van der Waals surface area (Å²) in [4.78, 5) is 30.2. The van der Waals surface area contributed by atoms with Crippen molar-refractivity contribution >= 4 is 27.3 Å². The lowest BCUT2D eigenvalue weighted by Crippen LogP contribution is -1.99. The largest absolute Gasteiger partial charge is 0.499 e. The van der Waals surface area contributed by atoms with Crippen LogP contribution in [0.5, 0.6) is 5.75 Å². The highest BCUT2D eigenvalue weighted by Gasteiger charge is 2.22. The molecule has 0 aromatic heterocycles.